The van der Waals surface area contributed by atoms with Gasteiger partial charge in [-0.3, -0.25) is 4.79 Å². The Morgan fingerprint density at radius 1 is 1.47 bits per heavy atom. The van der Waals surface area contributed by atoms with Crippen molar-refractivity contribution in [2.24, 2.45) is 5.92 Å². The Balaban J connectivity index is 2.06. The molecule has 17 heavy (non-hydrogen) atoms. The first-order valence-electron chi connectivity index (χ1n) is 5.79. The number of rotatable bonds is 7. The standard InChI is InChI=1S/C12H19ClN2O2/c1-9(2)7-15-12(16)5-6-14-8-10-3-4-11(13)17-10/h3-4,9,14H,5-8H2,1-2H3,(H,15,16). The second kappa shape index (κ2) is 7.35. The lowest BCUT2D eigenvalue weighted by Crippen LogP contribution is -2.30. The molecule has 1 amide bonds. The molecule has 0 saturated carbocycles. The number of hydrogen-bond acceptors (Lipinski definition) is 3. The fraction of sp³-hybridized carbons (Fsp3) is 0.583. The minimum absolute atomic E-state index is 0.0728. The Morgan fingerprint density at radius 2 is 2.24 bits per heavy atom. The molecule has 4 nitrogen and oxygen atoms in total. The van der Waals surface area contributed by atoms with Gasteiger partial charge in [0, 0.05) is 19.5 Å². The summed E-state index contributed by atoms with van der Waals surface area (Å²) in [6.07, 6.45) is 0.473. The van der Waals surface area contributed by atoms with E-state index in [2.05, 4.69) is 24.5 Å². The van der Waals surface area contributed by atoms with Crippen LogP contribution in [0, 0.1) is 5.92 Å². The van der Waals surface area contributed by atoms with Gasteiger partial charge in [0.15, 0.2) is 5.22 Å². The second-order valence-corrected chi connectivity index (χ2v) is 4.70. The minimum Gasteiger partial charge on any atom is -0.448 e. The third-order valence-electron chi connectivity index (χ3n) is 2.16. The van der Waals surface area contributed by atoms with E-state index in [4.69, 9.17) is 16.0 Å². The van der Waals surface area contributed by atoms with Crippen LogP contribution in [0.15, 0.2) is 16.5 Å². The summed E-state index contributed by atoms with van der Waals surface area (Å²) in [4.78, 5) is 11.4. The SMILES string of the molecule is CC(C)CNC(=O)CCNCc1ccc(Cl)o1. The number of halogens is 1. The van der Waals surface area contributed by atoms with Crippen molar-refractivity contribution in [3.05, 3.63) is 23.1 Å². The van der Waals surface area contributed by atoms with Crippen molar-refractivity contribution in [3.8, 4) is 0 Å². The van der Waals surface area contributed by atoms with E-state index in [1.807, 2.05) is 6.07 Å². The summed E-state index contributed by atoms with van der Waals surface area (Å²) in [5.41, 5.74) is 0. The van der Waals surface area contributed by atoms with Crippen LogP contribution in [0.25, 0.3) is 0 Å². The van der Waals surface area contributed by atoms with E-state index < -0.39 is 0 Å². The molecule has 1 heterocycles. The Labute approximate surface area is 107 Å². The maximum absolute atomic E-state index is 11.4. The molecule has 0 fully saturated rings. The maximum Gasteiger partial charge on any atom is 0.221 e. The number of amides is 1. The van der Waals surface area contributed by atoms with Gasteiger partial charge < -0.3 is 15.1 Å². The molecule has 0 radical (unpaired) electrons. The molecule has 1 rings (SSSR count). The van der Waals surface area contributed by atoms with Gasteiger partial charge in [-0.25, -0.2) is 0 Å². The van der Waals surface area contributed by atoms with E-state index in [-0.39, 0.29) is 5.91 Å². The van der Waals surface area contributed by atoms with Gasteiger partial charge in [-0.05, 0) is 29.7 Å². The zero-order valence-electron chi connectivity index (χ0n) is 10.3. The summed E-state index contributed by atoms with van der Waals surface area (Å²) in [5, 5.41) is 6.37. The summed E-state index contributed by atoms with van der Waals surface area (Å²) in [6, 6.07) is 3.52. The van der Waals surface area contributed by atoms with Gasteiger partial charge >= 0.3 is 0 Å². The molecule has 1 aromatic rings. The fourth-order valence-electron chi connectivity index (χ4n) is 1.27. The van der Waals surface area contributed by atoms with Gasteiger partial charge in [-0.15, -0.1) is 0 Å². The van der Waals surface area contributed by atoms with E-state index in [0.29, 0.717) is 30.6 Å². The Hall–Kier alpha value is -1.00. The summed E-state index contributed by atoms with van der Waals surface area (Å²) >= 11 is 5.64. The molecule has 0 aliphatic heterocycles. The van der Waals surface area contributed by atoms with Crippen molar-refractivity contribution in [1.29, 1.82) is 0 Å². The highest BCUT2D eigenvalue weighted by Gasteiger charge is 2.03. The quantitative estimate of drug-likeness (QED) is 0.737. The van der Waals surface area contributed by atoms with Gasteiger partial charge in [-0.1, -0.05) is 13.8 Å². The molecular weight excluding hydrogens is 240 g/mol. The van der Waals surface area contributed by atoms with Crippen LogP contribution in [0.2, 0.25) is 5.22 Å². The third kappa shape index (κ3) is 6.34. The first kappa shape index (κ1) is 14.1. The highest BCUT2D eigenvalue weighted by Crippen LogP contribution is 2.12. The van der Waals surface area contributed by atoms with Crippen LogP contribution >= 0.6 is 11.6 Å². The summed E-state index contributed by atoms with van der Waals surface area (Å²) < 4.78 is 5.17. The van der Waals surface area contributed by atoms with Gasteiger partial charge in [0.05, 0.1) is 6.54 Å². The molecule has 0 aromatic carbocycles. The summed E-state index contributed by atoms with van der Waals surface area (Å²) in [7, 11) is 0. The number of hydrogen-bond donors (Lipinski definition) is 2. The molecule has 0 bridgehead atoms. The van der Waals surface area contributed by atoms with Gasteiger partial charge in [0.2, 0.25) is 5.91 Å². The monoisotopic (exact) mass is 258 g/mol. The van der Waals surface area contributed by atoms with Crippen LogP contribution in [0.5, 0.6) is 0 Å². The normalized spacial score (nSPS) is 10.8. The largest absolute Gasteiger partial charge is 0.448 e. The van der Waals surface area contributed by atoms with Crippen LogP contribution < -0.4 is 10.6 Å². The smallest absolute Gasteiger partial charge is 0.221 e. The lowest BCUT2D eigenvalue weighted by molar-refractivity contribution is -0.121. The van der Waals surface area contributed by atoms with E-state index in [1.165, 1.54) is 0 Å². The van der Waals surface area contributed by atoms with E-state index in [1.54, 1.807) is 6.07 Å². The molecule has 2 N–H and O–H groups in total. The first-order valence-corrected chi connectivity index (χ1v) is 6.17. The predicted molar refractivity (Wildman–Crippen MR) is 67.9 cm³/mol. The average Bonchev–Trinajstić information content (AvgIpc) is 2.68. The molecule has 0 unspecified atom stereocenters. The Morgan fingerprint density at radius 3 is 2.82 bits per heavy atom. The van der Waals surface area contributed by atoms with Crippen molar-refractivity contribution in [1.82, 2.24) is 10.6 Å². The predicted octanol–water partition coefficient (Wildman–Crippen LogP) is 2.18. The van der Waals surface area contributed by atoms with Gasteiger partial charge in [0.1, 0.15) is 5.76 Å². The number of carbonyl (C=O) groups is 1. The fourth-order valence-corrected chi connectivity index (χ4v) is 1.43. The minimum atomic E-state index is 0.0728. The maximum atomic E-state index is 11.4. The number of nitrogens with one attached hydrogen (secondary N) is 2. The molecule has 0 aliphatic carbocycles. The first-order chi connectivity index (χ1) is 8.08. The summed E-state index contributed by atoms with van der Waals surface area (Å²) in [6.45, 7) is 6.08. The molecule has 1 aromatic heterocycles. The molecule has 5 heteroatoms. The lowest BCUT2D eigenvalue weighted by atomic mass is 10.2. The van der Waals surface area contributed by atoms with Crippen LogP contribution in [-0.2, 0) is 11.3 Å². The van der Waals surface area contributed by atoms with Crippen molar-refractivity contribution < 1.29 is 9.21 Å². The highest BCUT2D eigenvalue weighted by atomic mass is 35.5. The topological polar surface area (TPSA) is 54.3 Å². The third-order valence-corrected chi connectivity index (χ3v) is 2.37. The molecule has 0 spiro atoms. The van der Waals surface area contributed by atoms with E-state index >= 15 is 0 Å². The highest BCUT2D eigenvalue weighted by molar-refractivity contribution is 6.28. The molecule has 0 saturated heterocycles. The molecular formula is C12H19ClN2O2. The van der Waals surface area contributed by atoms with Crippen molar-refractivity contribution in [2.75, 3.05) is 13.1 Å². The van der Waals surface area contributed by atoms with Gasteiger partial charge in [-0.2, -0.15) is 0 Å². The molecule has 0 aliphatic rings. The van der Waals surface area contributed by atoms with Crippen molar-refractivity contribution in [2.45, 2.75) is 26.8 Å². The second-order valence-electron chi connectivity index (χ2n) is 4.33. The molecule has 0 atom stereocenters. The average molecular weight is 259 g/mol. The zero-order valence-corrected chi connectivity index (χ0v) is 11.0. The van der Waals surface area contributed by atoms with E-state index in [9.17, 15) is 4.79 Å². The van der Waals surface area contributed by atoms with Crippen molar-refractivity contribution in [3.63, 3.8) is 0 Å². The van der Waals surface area contributed by atoms with Crippen LogP contribution in [-0.4, -0.2) is 19.0 Å². The Kier molecular flexibility index (Phi) is 6.08. The Bertz CT molecular complexity index is 350. The van der Waals surface area contributed by atoms with Crippen LogP contribution in [0.3, 0.4) is 0 Å². The van der Waals surface area contributed by atoms with Crippen LogP contribution in [0.4, 0.5) is 0 Å². The van der Waals surface area contributed by atoms with Gasteiger partial charge in [0.25, 0.3) is 0 Å². The summed E-state index contributed by atoms with van der Waals surface area (Å²) in [5.74, 6) is 1.33. The molecule has 96 valence electrons. The number of furan rings is 1. The lowest BCUT2D eigenvalue weighted by Gasteiger charge is -2.07. The zero-order chi connectivity index (χ0) is 12.7. The van der Waals surface area contributed by atoms with E-state index in [0.717, 1.165) is 12.3 Å². The van der Waals surface area contributed by atoms with Crippen molar-refractivity contribution >= 4 is 17.5 Å². The number of carbonyl (C=O) groups excluding carboxylic acids is 1. The van der Waals surface area contributed by atoms with Crippen LogP contribution in [0.1, 0.15) is 26.0 Å².